The third-order valence-electron chi connectivity index (χ3n) is 4.63. The van der Waals surface area contributed by atoms with E-state index >= 15 is 0 Å². The number of halogens is 1. The highest BCUT2D eigenvalue weighted by atomic mass is 32.1. The van der Waals surface area contributed by atoms with Crippen molar-refractivity contribution in [1.82, 2.24) is 9.55 Å². The van der Waals surface area contributed by atoms with Crippen LogP contribution in [0.15, 0.2) is 59.7 Å². The molecule has 0 saturated heterocycles. The van der Waals surface area contributed by atoms with E-state index in [0.717, 1.165) is 21.6 Å². The maximum atomic E-state index is 14.0. The fraction of sp³-hybridized carbons (Fsp3) is 0.136. The van der Waals surface area contributed by atoms with Crippen LogP contribution in [0.5, 0.6) is 0 Å². The van der Waals surface area contributed by atoms with E-state index in [-0.39, 0.29) is 17.8 Å². The Bertz CT molecular complexity index is 1280. The molecule has 0 saturated carbocycles. The largest absolute Gasteiger partial charge is 0.322 e. The van der Waals surface area contributed by atoms with Crippen molar-refractivity contribution in [3.63, 3.8) is 0 Å². The summed E-state index contributed by atoms with van der Waals surface area (Å²) >= 11 is 1.45. The Kier molecular flexibility index (Phi) is 4.98. The van der Waals surface area contributed by atoms with Crippen LogP contribution in [0.4, 0.5) is 10.1 Å². The van der Waals surface area contributed by atoms with Gasteiger partial charge in [0.25, 0.3) is 5.56 Å². The lowest BCUT2D eigenvalue weighted by molar-refractivity contribution is -0.116. The van der Waals surface area contributed by atoms with Crippen LogP contribution >= 0.6 is 11.3 Å². The summed E-state index contributed by atoms with van der Waals surface area (Å²) in [6.45, 7) is 3.46. The molecular weight excluding hydrogens is 389 g/mol. The van der Waals surface area contributed by atoms with E-state index in [1.54, 1.807) is 13.0 Å². The van der Waals surface area contributed by atoms with E-state index in [1.807, 2.05) is 37.3 Å². The molecular formula is C22H18FN3O2S. The Morgan fingerprint density at radius 3 is 2.66 bits per heavy atom. The van der Waals surface area contributed by atoms with Crippen LogP contribution in [0.25, 0.3) is 21.3 Å². The molecule has 0 aliphatic rings. The summed E-state index contributed by atoms with van der Waals surface area (Å²) in [5, 5.41) is 3.01. The number of nitrogens with zero attached hydrogens (tertiary/aromatic N) is 2. The zero-order chi connectivity index (χ0) is 20.5. The normalized spacial score (nSPS) is 11.0. The highest BCUT2D eigenvalue weighted by molar-refractivity contribution is 7.19. The highest BCUT2D eigenvalue weighted by Gasteiger charge is 2.18. The van der Waals surface area contributed by atoms with Gasteiger partial charge in [0.05, 0.1) is 17.4 Å². The summed E-state index contributed by atoms with van der Waals surface area (Å²) in [5.41, 5.74) is 2.31. The van der Waals surface area contributed by atoms with Crippen LogP contribution in [0, 0.1) is 19.7 Å². The lowest BCUT2D eigenvalue weighted by Gasteiger charge is -2.09. The molecule has 4 rings (SSSR count). The van der Waals surface area contributed by atoms with Gasteiger partial charge in [-0.3, -0.25) is 14.2 Å². The first-order valence-electron chi connectivity index (χ1n) is 9.04. The van der Waals surface area contributed by atoms with Gasteiger partial charge in [0, 0.05) is 10.4 Å². The minimum absolute atomic E-state index is 0.0824. The molecule has 1 N–H and O–H groups in total. The van der Waals surface area contributed by atoms with Crippen molar-refractivity contribution in [2.45, 2.75) is 20.4 Å². The molecule has 0 radical (unpaired) electrons. The van der Waals surface area contributed by atoms with Gasteiger partial charge in [-0.15, -0.1) is 11.3 Å². The molecule has 1 amide bonds. The van der Waals surface area contributed by atoms with Crippen molar-refractivity contribution in [3.05, 3.63) is 81.5 Å². The van der Waals surface area contributed by atoms with Gasteiger partial charge in [0.15, 0.2) is 0 Å². The van der Waals surface area contributed by atoms with Crippen LogP contribution in [0.2, 0.25) is 0 Å². The molecule has 0 aliphatic heterocycles. The minimum atomic E-state index is -0.515. The third-order valence-corrected chi connectivity index (χ3v) is 5.64. The van der Waals surface area contributed by atoms with Gasteiger partial charge < -0.3 is 5.32 Å². The summed E-state index contributed by atoms with van der Waals surface area (Å²) in [6, 6.07) is 14.2. The predicted molar refractivity (Wildman–Crippen MR) is 114 cm³/mol. The molecule has 2 heterocycles. The number of benzene rings is 2. The second-order valence-corrected chi connectivity index (χ2v) is 7.99. The summed E-state index contributed by atoms with van der Waals surface area (Å²) in [4.78, 5) is 31.5. The zero-order valence-electron chi connectivity index (χ0n) is 15.9. The number of rotatable bonds is 4. The standard InChI is InChI=1S/C22H18FN3O2S/c1-13-8-9-17(16(23)10-13)25-18(27)11-26-12-24-21-20(22(26)28)19(14(2)29-21)15-6-4-3-5-7-15/h3-10,12H,11H2,1-2H3,(H,25,27). The first-order valence-corrected chi connectivity index (χ1v) is 9.85. The molecule has 0 atom stereocenters. The molecule has 0 unspecified atom stereocenters. The maximum Gasteiger partial charge on any atom is 0.263 e. The second kappa shape index (κ2) is 7.60. The average molecular weight is 407 g/mol. The van der Waals surface area contributed by atoms with E-state index in [1.165, 1.54) is 34.4 Å². The van der Waals surface area contributed by atoms with E-state index in [9.17, 15) is 14.0 Å². The number of aryl methyl sites for hydroxylation is 2. The number of carbonyl (C=O) groups excluding carboxylic acids is 1. The van der Waals surface area contributed by atoms with E-state index in [0.29, 0.717) is 10.2 Å². The van der Waals surface area contributed by atoms with Crippen LogP contribution in [-0.4, -0.2) is 15.5 Å². The quantitative estimate of drug-likeness (QED) is 0.541. The van der Waals surface area contributed by atoms with Gasteiger partial charge >= 0.3 is 0 Å². The molecule has 0 bridgehead atoms. The third kappa shape index (κ3) is 3.69. The SMILES string of the molecule is Cc1ccc(NC(=O)Cn2cnc3sc(C)c(-c4ccccc4)c3c2=O)c(F)c1. The van der Waals surface area contributed by atoms with Crippen LogP contribution in [0.1, 0.15) is 10.4 Å². The summed E-state index contributed by atoms with van der Waals surface area (Å²) in [5.74, 6) is -1.01. The van der Waals surface area contributed by atoms with E-state index in [2.05, 4.69) is 10.3 Å². The second-order valence-electron chi connectivity index (χ2n) is 6.79. The van der Waals surface area contributed by atoms with Gasteiger partial charge in [-0.2, -0.15) is 0 Å². The Hall–Kier alpha value is -3.32. The molecule has 146 valence electrons. The van der Waals surface area contributed by atoms with Crippen molar-refractivity contribution in [2.24, 2.45) is 0 Å². The molecule has 5 nitrogen and oxygen atoms in total. The number of anilines is 1. The number of amides is 1. The average Bonchev–Trinajstić information content (AvgIpc) is 3.04. The van der Waals surface area contributed by atoms with Gasteiger partial charge in [-0.1, -0.05) is 36.4 Å². The van der Waals surface area contributed by atoms with Gasteiger partial charge in [-0.25, -0.2) is 9.37 Å². The molecule has 29 heavy (non-hydrogen) atoms. The smallest absolute Gasteiger partial charge is 0.263 e. The number of fused-ring (bicyclic) bond motifs is 1. The van der Waals surface area contributed by atoms with Crippen molar-refractivity contribution in [2.75, 3.05) is 5.32 Å². The molecule has 0 spiro atoms. The lowest BCUT2D eigenvalue weighted by atomic mass is 10.0. The fourth-order valence-corrected chi connectivity index (χ4v) is 4.27. The molecule has 0 fully saturated rings. The Balaban J connectivity index is 1.69. The molecule has 0 aliphatic carbocycles. The fourth-order valence-electron chi connectivity index (χ4n) is 3.27. The Morgan fingerprint density at radius 2 is 1.93 bits per heavy atom. The Morgan fingerprint density at radius 1 is 1.17 bits per heavy atom. The van der Waals surface area contributed by atoms with Crippen molar-refractivity contribution in [1.29, 1.82) is 0 Å². The molecule has 4 aromatic rings. The van der Waals surface area contributed by atoms with Crippen LogP contribution in [-0.2, 0) is 11.3 Å². The van der Waals surface area contributed by atoms with Gasteiger partial charge in [0.2, 0.25) is 5.91 Å². The maximum absolute atomic E-state index is 14.0. The number of hydrogen-bond acceptors (Lipinski definition) is 4. The Labute approximate surface area is 170 Å². The number of nitrogens with one attached hydrogen (secondary N) is 1. The minimum Gasteiger partial charge on any atom is -0.322 e. The number of aromatic nitrogens is 2. The predicted octanol–water partition coefficient (Wildman–Crippen LogP) is 4.52. The summed E-state index contributed by atoms with van der Waals surface area (Å²) in [6.07, 6.45) is 1.36. The molecule has 7 heteroatoms. The van der Waals surface area contributed by atoms with E-state index < -0.39 is 11.7 Å². The number of thiophene rings is 1. The molecule has 2 aromatic carbocycles. The summed E-state index contributed by atoms with van der Waals surface area (Å²) in [7, 11) is 0. The first-order chi connectivity index (χ1) is 13.9. The van der Waals surface area contributed by atoms with Crippen LogP contribution in [0.3, 0.4) is 0 Å². The first kappa shape index (κ1) is 19.0. The van der Waals surface area contributed by atoms with Gasteiger partial charge in [-0.05, 0) is 37.1 Å². The lowest BCUT2D eigenvalue weighted by Crippen LogP contribution is -2.28. The monoisotopic (exact) mass is 407 g/mol. The zero-order valence-corrected chi connectivity index (χ0v) is 16.7. The molecule has 2 aromatic heterocycles. The summed E-state index contributed by atoms with van der Waals surface area (Å²) < 4.78 is 15.2. The highest BCUT2D eigenvalue weighted by Crippen LogP contribution is 2.35. The topological polar surface area (TPSA) is 64.0 Å². The number of hydrogen-bond donors (Lipinski definition) is 1. The van der Waals surface area contributed by atoms with Crippen molar-refractivity contribution >= 4 is 33.1 Å². The van der Waals surface area contributed by atoms with Crippen LogP contribution < -0.4 is 10.9 Å². The van der Waals surface area contributed by atoms with Crippen molar-refractivity contribution < 1.29 is 9.18 Å². The number of carbonyl (C=O) groups is 1. The van der Waals surface area contributed by atoms with Crippen molar-refractivity contribution in [3.8, 4) is 11.1 Å². The van der Waals surface area contributed by atoms with Gasteiger partial charge in [0.1, 0.15) is 17.2 Å². The van der Waals surface area contributed by atoms with E-state index in [4.69, 9.17) is 0 Å².